The molecule has 1 N–H and O–H groups in total. The molecule has 0 radical (unpaired) electrons. The van der Waals surface area contributed by atoms with E-state index in [1.807, 2.05) is 39.5 Å². The molecule has 4 rings (SSSR count). The van der Waals surface area contributed by atoms with Gasteiger partial charge in [0.2, 0.25) is 5.91 Å². The zero-order valence-corrected chi connectivity index (χ0v) is 16.6. The number of nitrogens with zero attached hydrogens (tertiary/aromatic N) is 6. The smallest absolute Gasteiger partial charge is 0.219 e. The van der Waals surface area contributed by atoms with Crippen LogP contribution in [0, 0.1) is 0 Å². The number of carbonyl (C=O) groups excluding carboxylic acids is 1. The normalized spacial score (nSPS) is 13.6. The number of pyridine rings is 1. The van der Waals surface area contributed by atoms with E-state index in [4.69, 9.17) is 0 Å². The first kappa shape index (κ1) is 17.0. The van der Waals surface area contributed by atoms with Crippen LogP contribution in [0.3, 0.4) is 0 Å². The fraction of sp³-hybridized carbons (Fsp3) is 0.294. The van der Waals surface area contributed by atoms with Gasteiger partial charge in [-0.25, -0.2) is 2.90 Å². The van der Waals surface area contributed by atoms with Crippen molar-refractivity contribution in [3.63, 3.8) is 0 Å². The summed E-state index contributed by atoms with van der Waals surface area (Å²) < 4.78 is 3.63. The van der Waals surface area contributed by atoms with Crippen LogP contribution in [0.15, 0.2) is 30.9 Å². The second-order valence-corrected chi connectivity index (χ2v) is 7.23. The minimum absolute atomic E-state index is 0.0862. The maximum absolute atomic E-state index is 11.7. The number of amides is 1. The minimum Gasteiger partial charge on any atom is -0.338 e. The van der Waals surface area contributed by atoms with Gasteiger partial charge in [0.05, 0.1) is 53.2 Å². The van der Waals surface area contributed by atoms with Crippen molar-refractivity contribution < 1.29 is 4.79 Å². The number of nitrogens with one attached hydrogen (secondary N) is 1. The van der Waals surface area contributed by atoms with Crippen LogP contribution in [0.4, 0.5) is 11.5 Å². The lowest BCUT2D eigenvalue weighted by Gasteiger charge is -2.26. The average molecular weight is 463 g/mol. The molecule has 26 heavy (non-hydrogen) atoms. The van der Waals surface area contributed by atoms with Crippen LogP contribution < -0.4 is 5.32 Å². The number of halogens is 1. The molecule has 0 aliphatic carbocycles. The predicted octanol–water partition coefficient (Wildman–Crippen LogP) is 2.52. The number of anilines is 2. The lowest BCUT2D eigenvalue weighted by Crippen LogP contribution is -2.34. The van der Waals surface area contributed by atoms with Crippen LogP contribution in [0.2, 0.25) is 0 Å². The fourth-order valence-electron chi connectivity index (χ4n) is 3.12. The van der Waals surface area contributed by atoms with Crippen LogP contribution in [0.5, 0.6) is 0 Å². The summed E-state index contributed by atoms with van der Waals surface area (Å²) in [6.45, 7) is 2.91. The van der Waals surface area contributed by atoms with E-state index < -0.39 is 0 Å². The summed E-state index contributed by atoms with van der Waals surface area (Å²) in [6, 6.07) is 2.02. The van der Waals surface area contributed by atoms with E-state index in [0.29, 0.717) is 6.54 Å². The average Bonchev–Trinajstić information content (AvgIpc) is 3.19. The molecule has 1 amide bonds. The van der Waals surface area contributed by atoms with Crippen molar-refractivity contribution in [1.29, 1.82) is 0 Å². The molecule has 0 unspecified atom stereocenters. The molecular weight excluding hydrogens is 445 g/mol. The number of carbonyl (C=O) groups is 1. The molecule has 0 aromatic carbocycles. The van der Waals surface area contributed by atoms with E-state index >= 15 is 0 Å². The van der Waals surface area contributed by atoms with Crippen molar-refractivity contribution in [2.75, 3.05) is 11.9 Å². The molecule has 1 aliphatic heterocycles. The Morgan fingerprint density at radius 1 is 1.27 bits per heavy atom. The summed E-state index contributed by atoms with van der Waals surface area (Å²) in [5.41, 5.74) is 5.06. The summed E-state index contributed by atoms with van der Waals surface area (Å²) in [5, 5.41) is 12.2. The van der Waals surface area contributed by atoms with Crippen LogP contribution in [-0.4, -0.2) is 40.1 Å². The highest BCUT2D eigenvalue weighted by atomic mass is 127. The summed E-state index contributed by atoms with van der Waals surface area (Å²) in [6.07, 6.45) is 8.15. The zero-order valence-electron chi connectivity index (χ0n) is 14.5. The largest absolute Gasteiger partial charge is 0.338 e. The van der Waals surface area contributed by atoms with Gasteiger partial charge in [0.15, 0.2) is 5.82 Å². The number of hydrogen-bond acceptors (Lipinski definition) is 5. The maximum atomic E-state index is 11.7. The topological polar surface area (TPSA) is 80.9 Å². The summed E-state index contributed by atoms with van der Waals surface area (Å²) in [4.78, 5) is 17.9. The van der Waals surface area contributed by atoms with Gasteiger partial charge in [-0.1, -0.05) is 0 Å². The number of aryl methyl sites for hydroxylation is 1. The molecule has 9 heteroatoms. The van der Waals surface area contributed by atoms with Crippen LogP contribution in [-0.2, 0) is 24.8 Å². The van der Waals surface area contributed by atoms with Gasteiger partial charge < -0.3 is 10.2 Å². The molecule has 134 valence electrons. The standard InChI is InChI=1S/C17H18IN7O/c1-11(26)24-4-3-16-15(10-24)17(22-25(16)18)21-14-5-12(6-19-8-14)13-7-20-23(2)9-13/h5-9H,3-4,10H2,1-2H3,(H,21,22). The highest BCUT2D eigenvalue weighted by Crippen LogP contribution is 2.30. The Hall–Kier alpha value is -2.43. The van der Waals surface area contributed by atoms with Gasteiger partial charge in [0.25, 0.3) is 0 Å². The number of hydrogen-bond donors (Lipinski definition) is 1. The SMILES string of the molecule is CC(=O)N1CCc2c(c(Nc3cncc(-c4cnn(C)c4)c3)nn2I)C1. The molecule has 4 heterocycles. The van der Waals surface area contributed by atoms with Crippen molar-refractivity contribution in [2.45, 2.75) is 19.9 Å². The second-order valence-electron chi connectivity index (χ2n) is 6.31. The van der Waals surface area contributed by atoms with Crippen molar-refractivity contribution in [2.24, 2.45) is 7.05 Å². The predicted molar refractivity (Wildman–Crippen MR) is 106 cm³/mol. The van der Waals surface area contributed by atoms with E-state index in [9.17, 15) is 4.79 Å². The first-order valence-electron chi connectivity index (χ1n) is 8.25. The lowest BCUT2D eigenvalue weighted by molar-refractivity contribution is -0.129. The highest BCUT2D eigenvalue weighted by Gasteiger charge is 2.25. The molecular formula is C17H18IN7O. The van der Waals surface area contributed by atoms with Gasteiger partial charge in [-0.2, -0.15) is 5.10 Å². The maximum Gasteiger partial charge on any atom is 0.219 e. The van der Waals surface area contributed by atoms with Gasteiger partial charge >= 0.3 is 0 Å². The highest BCUT2D eigenvalue weighted by molar-refractivity contribution is 14.1. The third kappa shape index (κ3) is 3.18. The van der Waals surface area contributed by atoms with Gasteiger partial charge in [0.1, 0.15) is 0 Å². The molecule has 8 nitrogen and oxygen atoms in total. The molecule has 3 aromatic heterocycles. The number of fused-ring (bicyclic) bond motifs is 1. The molecule has 0 bridgehead atoms. The van der Waals surface area contributed by atoms with E-state index in [2.05, 4.69) is 43.4 Å². The molecule has 0 saturated carbocycles. The van der Waals surface area contributed by atoms with Gasteiger partial charge in [-0.05, 0) is 6.07 Å². The molecule has 0 atom stereocenters. The monoisotopic (exact) mass is 463 g/mol. The van der Waals surface area contributed by atoms with E-state index in [1.165, 1.54) is 0 Å². The number of aromatic nitrogens is 5. The lowest BCUT2D eigenvalue weighted by atomic mass is 10.1. The minimum atomic E-state index is 0.0862. The van der Waals surface area contributed by atoms with Crippen molar-refractivity contribution in [3.8, 4) is 11.1 Å². The van der Waals surface area contributed by atoms with Crippen molar-refractivity contribution >= 4 is 40.3 Å². The Morgan fingerprint density at radius 2 is 2.12 bits per heavy atom. The summed E-state index contributed by atoms with van der Waals surface area (Å²) >= 11 is 2.19. The third-order valence-corrected chi connectivity index (χ3v) is 5.29. The second kappa shape index (κ2) is 6.71. The Kier molecular flexibility index (Phi) is 4.39. The van der Waals surface area contributed by atoms with Crippen molar-refractivity contribution in [3.05, 3.63) is 42.1 Å². The quantitative estimate of drug-likeness (QED) is 0.604. The molecule has 1 aliphatic rings. The van der Waals surface area contributed by atoms with Crippen LogP contribution in [0.25, 0.3) is 11.1 Å². The first-order chi connectivity index (χ1) is 12.5. The summed E-state index contributed by atoms with van der Waals surface area (Å²) in [5.74, 6) is 0.855. The first-order valence-corrected chi connectivity index (χ1v) is 9.21. The van der Waals surface area contributed by atoms with Gasteiger partial charge in [0, 0.05) is 56.0 Å². The fourth-order valence-corrected chi connectivity index (χ4v) is 3.87. The Labute approximate surface area is 164 Å². The van der Waals surface area contributed by atoms with Crippen LogP contribution in [0.1, 0.15) is 18.2 Å². The molecule has 0 saturated heterocycles. The molecule has 0 spiro atoms. The molecule has 3 aromatic rings. The summed E-state index contributed by atoms with van der Waals surface area (Å²) in [7, 11) is 1.89. The van der Waals surface area contributed by atoms with Crippen molar-refractivity contribution in [1.82, 2.24) is 27.7 Å². The Bertz CT molecular complexity index is 977. The van der Waals surface area contributed by atoms with Gasteiger partial charge in [-0.3, -0.25) is 14.5 Å². The van der Waals surface area contributed by atoms with E-state index in [0.717, 1.165) is 46.9 Å². The molecule has 0 fully saturated rings. The van der Waals surface area contributed by atoms with E-state index in [1.54, 1.807) is 17.8 Å². The van der Waals surface area contributed by atoms with Gasteiger partial charge in [-0.15, -0.1) is 5.10 Å². The third-order valence-electron chi connectivity index (χ3n) is 4.50. The Balaban J connectivity index is 1.63. The van der Waals surface area contributed by atoms with E-state index in [-0.39, 0.29) is 5.91 Å². The zero-order chi connectivity index (χ0) is 18.3. The Morgan fingerprint density at radius 3 is 2.85 bits per heavy atom. The number of rotatable bonds is 3. The van der Waals surface area contributed by atoms with Crippen LogP contribution >= 0.6 is 22.9 Å².